The number of hydrogen-bond acceptors (Lipinski definition) is 4. The number of amides is 1. The maximum atomic E-state index is 11.6. The molecule has 1 aliphatic rings. The summed E-state index contributed by atoms with van der Waals surface area (Å²) in [6, 6.07) is 9.37. The fraction of sp³-hybridized carbons (Fsp3) is 0.500. The fourth-order valence-corrected chi connectivity index (χ4v) is 2.00. The average molecular weight is 300 g/mol. The molecule has 5 nitrogen and oxygen atoms in total. The van der Waals surface area contributed by atoms with Crippen molar-refractivity contribution in [2.75, 3.05) is 45.9 Å². The van der Waals surface area contributed by atoms with Crippen LogP contribution in [0.4, 0.5) is 0 Å². The summed E-state index contributed by atoms with van der Waals surface area (Å²) in [7, 11) is 0. The lowest BCUT2D eigenvalue weighted by Gasteiger charge is -2.27. The Balaban J connectivity index is 0.00000200. The van der Waals surface area contributed by atoms with Crippen molar-refractivity contribution in [2.45, 2.75) is 0 Å². The van der Waals surface area contributed by atoms with Gasteiger partial charge in [-0.2, -0.15) is 0 Å². The van der Waals surface area contributed by atoms with Crippen molar-refractivity contribution in [3.63, 3.8) is 0 Å². The Kier molecular flexibility index (Phi) is 8.02. The molecule has 2 rings (SSSR count). The van der Waals surface area contributed by atoms with Gasteiger partial charge in [0.1, 0.15) is 5.75 Å². The molecule has 0 radical (unpaired) electrons. The summed E-state index contributed by atoms with van der Waals surface area (Å²) in [5.74, 6) is 0.652. The molecular weight excluding hydrogens is 278 g/mol. The van der Waals surface area contributed by atoms with Crippen LogP contribution in [-0.2, 0) is 4.79 Å². The van der Waals surface area contributed by atoms with E-state index in [-0.39, 0.29) is 24.9 Å². The van der Waals surface area contributed by atoms with Gasteiger partial charge >= 0.3 is 0 Å². The van der Waals surface area contributed by atoms with Crippen LogP contribution in [0, 0.1) is 0 Å². The zero-order valence-corrected chi connectivity index (χ0v) is 12.3. The average Bonchev–Trinajstić information content (AvgIpc) is 2.47. The van der Waals surface area contributed by atoms with Crippen molar-refractivity contribution in [2.24, 2.45) is 0 Å². The zero-order valence-electron chi connectivity index (χ0n) is 11.5. The molecule has 0 aromatic heterocycles. The second kappa shape index (κ2) is 9.58. The highest BCUT2D eigenvalue weighted by atomic mass is 35.5. The standard InChI is InChI=1S/C14H21N3O2.ClH/c18-14(12-19-13-4-2-1-3-5-13)16-8-11-17-9-6-15-7-10-17;/h1-5,15H,6-12H2,(H,16,18);1H. The molecule has 1 saturated heterocycles. The van der Waals surface area contributed by atoms with Gasteiger partial charge < -0.3 is 15.4 Å². The summed E-state index contributed by atoms with van der Waals surface area (Å²) in [6.45, 7) is 5.82. The number of ether oxygens (including phenoxy) is 1. The Bertz CT molecular complexity index is 383. The first-order valence-corrected chi connectivity index (χ1v) is 6.72. The smallest absolute Gasteiger partial charge is 0.257 e. The van der Waals surface area contributed by atoms with Gasteiger partial charge in [-0.25, -0.2) is 0 Å². The molecule has 1 aromatic carbocycles. The van der Waals surface area contributed by atoms with Crippen LogP contribution in [0.2, 0.25) is 0 Å². The van der Waals surface area contributed by atoms with Crippen LogP contribution in [0.5, 0.6) is 5.75 Å². The predicted octanol–water partition coefficient (Wildman–Crippen LogP) is 0.509. The molecule has 1 fully saturated rings. The van der Waals surface area contributed by atoms with Crippen LogP contribution in [0.3, 0.4) is 0 Å². The van der Waals surface area contributed by atoms with Crippen LogP contribution in [0.1, 0.15) is 0 Å². The van der Waals surface area contributed by atoms with Crippen LogP contribution in [-0.4, -0.2) is 56.7 Å². The molecule has 0 unspecified atom stereocenters. The normalized spacial score (nSPS) is 15.2. The lowest BCUT2D eigenvalue weighted by molar-refractivity contribution is -0.123. The van der Waals surface area contributed by atoms with E-state index >= 15 is 0 Å². The Labute approximate surface area is 126 Å². The molecule has 6 heteroatoms. The highest BCUT2D eigenvalue weighted by Crippen LogP contribution is 2.07. The summed E-state index contributed by atoms with van der Waals surface area (Å²) in [4.78, 5) is 13.9. The van der Waals surface area contributed by atoms with E-state index < -0.39 is 0 Å². The molecule has 1 aliphatic heterocycles. The Morgan fingerprint density at radius 3 is 2.65 bits per heavy atom. The van der Waals surface area contributed by atoms with E-state index in [1.807, 2.05) is 30.3 Å². The van der Waals surface area contributed by atoms with E-state index in [0.717, 1.165) is 38.5 Å². The summed E-state index contributed by atoms with van der Waals surface area (Å²) in [5, 5.41) is 6.18. The Morgan fingerprint density at radius 1 is 1.25 bits per heavy atom. The molecular formula is C14H22ClN3O2. The predicted molar refractivity (Wildman–Crippen MR) is 81.5 cm³/mol. The fourth-order valence-electron chi connectivity index (χ4n) is 2.00. The number of carbonyl (C=O) groups excluding carboxylic acids is 1. The second-order valence-corrected chi connectivity index (χ2v) is 4.54. The maximum Gasteiger partial charge on any atom is 0.257 e. The first-order valence-electron chi connectivity index (χ1n) is 6.72. The summed E-state index contributed by atoms with van der Waals surface area (Å²) in [6.07, 6.45) is 0. The summed E-state index contributed by atoms with van der Waals surface area (Å²) >= 11 is 0. The van der Waals surface area contributed by atoms with Gasteiger partial charge in [-0.3, -0.25) is 9.69 Å². The third-order valence-corrected chi connectivity index (χ3v) is 3.07. The van der Waals surface area contributed by atoms with Crippen molar-refractivity contribution in [3.05, 3.63) is 30.3 Å². The number of benzene rings is 1. The largest absolute Gasteiger partial charge is 0.484 e. The van der Waals surface area contributed by atoms with E-state index in [0.29, 0.717) is 6.54 Å². The number of nitrogens with one attached hydrogen (secondary N) is 2. The van der Waals surface area contributed by atoms with E-state index in [9.17, 15) is 4.79 Å². The monoisotopic (exact) mass is 299 g/mol. The minimum absolute atomic E-state index is 0. The number of hydrogen-bond donors (Lipinski definition) is 2. The number of nitrogens with zero attached hydrogens (tertiary/aromatic N) is 1. The molecule has 0 spiro atoms. The van der Waals surface area contributed by atoms with Gasteiger partial charge in [-0.05, 0) is 12.1 Å². The molecule has 0 atom stereocenters. The van der Waals surface area contributed by atoms with Gasteiger partial charge in [0.15, 0.2) is 6.61 Å². The van der Waals surface area contributed by atoms with Crippen LogP contribution < -0.4 is 15.4 Å². The van der Waals surface area contributed by atoms with Crippen LogP contribution in [0.15, 0.2) is 30.3 Å². The minimum atomic E-state index is -0.0704. The lowest BCUT2D eigenvalue weighted by Crippen LogP contribution is -2.46. The molecule has 0 bridgehead atoms. The number of para-hydroxylation sites is 1. The number of rotatable bonds is 6. The van der Waals surface area contributed by atoms with Gasteiger partial charge in [0.2, 0.25) is 0 Å². The lowest BCUT2D eigenvalue weighted by atomic mass is 10.3. The van der Waals surface area contributed by atoms with Crippen LogP contribution in [0.25, 0.3) is 0 Å². The van der Waals surface area contributed by atoms with E-state index in [2.05, 4.69) is 15.5 Å². The SMILES string of the molecule is Cl.O=C(COc1ccccc1)NCCN1CCNCC1. The third-order valence-electron chi connectivity index (χ3n) is 3.07. The topological polar surface area (TPSA) is 53.6 Å². The molecule has 0 saturated carbocycles. The molecule has 1 amide bonds. The maximum absolute atomic E-state index is 11.6. The third kappa shape index (κ3) is 6.23. The molecule has 1 heterocycles. The highest BCUT2D eigenvalue weighted by Gasteiger charge is 2.09. The van der Waals surface area contributed by atoms with Crippen LogP contribution >= 0.6 is 12.4 Å². The molecule has 20 heavy (non-hydrogen) atoms. The second-order valence-electron chi connectivity index (χ2n) is 4.54. The molecule has 112 valence electrons. The first-order chi connectivity index (χ1) is 9.34. The van der Waals surface area contributed by atoms with Gasteiger partial charge in [0.25, 0.3) is 5.91 Å². The summed E-state index contributed by atoms with van der Waals surface area (Å²) in [5.41, 5.74) is 0. The van der Waals surface area contributed by atoms with Gasteiger partial charge in [-0.1, -0.05) is 18.2 Å². The van der Waals surface area contributed by atoms with Crippen molar-refractivity contribution < 1.29 is 9.53 Å². The molecule has 0 aliphatic carbocycles. The molecule has 2 N–H and O–H groups in total. The van der Waals surface area contributed by atoms with E-state index in [4.69, 9.17) is 4.74 Å². The van der Waals surface area contributed by atoms with Gasteiger partial charge in [-0.15, -0.1) is 12.4 Å². The first kappa shape index (κ1) is 16.8. The minimum Gasteiger partial charge on any atom is -0.484 e. The Hall–Kier alpha value is -1.30. The highest BCUT2D eigenvalue weighted by molar-refractivity contribution is 5.85. The number of piperazine rings is 1. The van der Waals surface area contributed by atoms with Crippen molar-refractivity contribution in [1.82, 2.24) is 15.5 Å². The van der Waals surface area contributed by atoms with E-state index in [1.54, 1.807) is 0 Å². The van der Waals surface area contributed by atoms with E-state index in [1.165, 1.54) is 0 Å². The Morgan fingerprint density at radius 2 is 1.95 bits per heavy atom. The number of carbonyl (C=O) groups is 1. The quantitative estimate of drug-likeness (QED) is 0.804. The number of halogens is 1. The zero-order chi connectivity index (χ0) is 13.3. The summed E-state index contributed by atoms with van der Waals surface area (Å²) < 4.78 is 5.37. The molecule has 1 aromatic rings. The van der Waals surface area contributed by atoms with Crippen molar-refractivity contribution in [3.8, 4) is 5.75 Å². The van der Waals surface area contributed by atoms with Crippen molar-refractivity contribution in [1.29, 1.82) is 0 Å². The van der Waals surface area contributed by atoms with Crippen molar-refractivity contribution >= 4 is 18.3 Å². The van der Waals surface area contributed by atoms with Gasteiger partial charge in [0, 0.05) is 39.3 Å². The van der Waals surface area contributed by atoms with Gasteiger partial charge in [0.05, 0.1) is 0 Å².